The fourth-order valence-corrected chi connectivity index (χ4v) is 2.27. The number of anilines is 1. The van der Waals surface area contributed by atoms with Gasteiger partial charge in [0.25, 0.3) is 5.91 Å². The van der Waals surface area contributed by atoms with E-state index in [1.807, 2.05) is 24.3 Å². The first-order chi connectivity index (χ1) is 10.5. The number of rotatable bonds is 2. The fourth-order valence-electron chi connectivity index (χ4n) is 2.03. The van der Waals surface area contributed by atoms with Crippen molar-refractivity contribution in [1.29, 1.82) is 0 Å². The molecule has 1 amide bonds. The van der Waals surface area contributed by atoms with Crippen molar-refractivity contribution < 1.29 is 13.6 Å². The maximum atomic E-state index is 13.2. The van der Waals surface area contributed by atoms with Gasteiger partial charge >= 0.3 is 0 Å². The van der Waals surface area contributed by atoms with Crippen LogP contribution >= 0.6 is 11.6 Å². The Balaban J connectivity index is 1.91. The number of nitrogens with zero attached hydrogens (tertiary/aromatic N) is 1. The van der Waals surface area contributed by atoms with Crippen molar-refractivity contribution >= 4 is 34.1 Å². The van der Waals surface area contributed by atoms with Gasteiger partial charge < -0.3 is 5.32 Å². The minimum absolute atomic E-state index is 0.145. The summed E-state index contributed by atoms with van der Waals surface area (Å²) in [6, 6.07) is 10.7. The highest BCUT2D eigenvalue weighted by molar-refractivity contribution is 6.34. The number of carbonyl (C=O) groups is 1. The molecule has 0 aliphatic heterocycles. The molecule has 3 nitrogen and oxygen atoms in total. The third-order valence-corrected chi connectivity index (χ3v) is 3.42. The fraction of sp³-hybridized carbons (Fsp3) is 0. The molecule has 0 saturated heterocycles. The second-order valence-corrected chi connectivity index (χ2v) is 5.02. The average Bonchev–Trinajstić information content (AvgIpc) is 2.50. The first-order valence-corrected chi connectivity index (χ1v) is 6.73. The lowest BCUT2D eigenvalue weighted by Gasteiger charge is -2.08. The summed E-state index contributed by atoms with van der Waals surface area (Å²) >= 11 is 5.77. The van der Waals surface area contributed by atoms with Gasteiger partial charge in [0.2, 0.25) is 0 Å². The maximum Gasteiger partial charge on any atom is 0.257 e. The van der Waals surface area contributed by atoms with Crippen LogP contribution in [-0.4, -0.2) is 10.9 Å². The van der Waals surface area contributed by atoms with Crippen LogP contribution in [0, 0.1) is 11.6 Å². The van der Waals surface area contributed by atoms with Crippen LogP contribution in [-0.2, 0) is 0 Å². The molecule has 2 aromatic carbocycles. The number of pyridine rings is 1. The van der Waals surface area contributed by atoms with E-state index in [2.05, 4.69) is 10.3 Å². The molecule has 6 heteroatoms. The Bertz CT molecular complexity index is 883. The van der Waals surface area contributed by atoms with Crippen LogP contribution in [0.4, 0.5) is 14.5 Å². The molecule has 0 radical (unpaired) electrons. The number of nitrogens with one attached hydrogen (secondary N) is 1. The summed E-state index contributed by atoms with van der Waals surface area (Å²) in [5.74, 6) is -2.87. The lowest BCUT2D eigenvalue weighted by Crippen LogP contribution is -2.13. The highest BCUT2D eigenvalue weighted by Crippen LogP contribution is 2.22. The summed E-state index contributed by atoms with van der Waals surface area (Å²) in [6.07, 6.45) is 1.48. The van der Waals surface area contributed by atoms with Gasteiger partial charge in [0.1, 0.15) is 0 Å². The van der Waals surface area contributed by atoms with E-state index in [4.69, 9.17) is 11.6 Å². The predicted molar refractivity (Wildman–Crippen MR) is 81.1 cm³/mol. The zero-order valence-electron chi connectivity index (χ0n) is 11.1. The van der Waals surface area contributed by atoms with Crippen LogP contribution in [0.3, 0.4) is 0 Å². The third kappa shape index (κ3) is 2.76. The van der Waals surface area contributed by atoms with Crippen molar-refractivity contribution in [3.8, 4) is 0 Å². The van der Waals surface area contributed by atoms with E-state index >= 15 is 0 Å². The number of benzene rings is 2. The standard InChI is InChI=1S/C16H9ClF2N2O/c17-12-7-14(19)13(18)6-11(12)16(22)21-10-5-9-3-1-2-4-15(9)20-8-10/h1-8H,(H,21,22). The number of hydrogen-bond acceptors (Lipinski definition) is 2. The SMILES string of the molecule is O=C(Nc1cnc2ccccc2c1)c1cc(F)c(F)cc1Cl. The minimum Gasteiger partial charge on any atom is -0.321 e. The highest BCUT2D eigenvalue weighted by atomic mass is 35.5. The van der Waals surface area contributed by atoms with Gasteiger partial charge in [-0.05, 0) is 24.3 Å². The molecular formula is C16H9ClF2N2O. The van der Waals surface area contributed by atoms with Crippen molar-refractivity contribution in [3.05, 3.63) is 70.9 Å². The van der Waals surface area contributed by atoms with E-state index in [1.165, 1.54) is 6.20 Å². The van der Waals surface area contributed by atoms with Crippen LogP contribution < -0.4 is 5.32 Å². The summed E-state index contributed by atoms with van der Waals surface area (Å²) in [7, 11) is 0. The van der Waals surface area contributed by atoms with Gasteiger partial charge in [-0.25, -0.2) is 8.78 Å². The molecule has 0 fully saturated rings. The normalized spacial score (nSPS) is 10.7. The lowest BCUT2D eigenvalue weighted by molar-refractivity contribution is 0.102. The molecule has 1 heterocycles. The van der Waals surface area contributed by atoms with E-state index < -0.39 is 17.5 Å². The first-order valence-electron chi connectivity index (χ1n) is 6.35. The van der Waals surface area contributed by atoms with E-state index in [1.54, 1.807) is 6.07 Å². The van der Waals surface area contributed by atoms with Crippen molar-refractivity contribution in [3.63, 3.8) is 0 Å². The molecule has 0 aliphatic rings. The quantitative estimate of drug-likeness (QED) is 0.711. The third-order valence-electron chi connectivity index (χ3n) is 3.10. The Morgan fingerprint density at radius 1 is 1.09 bits per heavy atom. The van der Waals surface area contributed by atoms with Gasteiger partial charge in [-0.1, -0.05) is 29.8 Å². The topological polar surface area (TPSA) is 42.0 Å². The summed E-state index contributed by atoms with van der Waals surface area (Å²) in [4.78, 5) is 16.3. The number of para-hydroxylation sites is 1. The first kappa shape index (κ1) is 14.4. The van der Waals surface area contributed by atoms with Gasteiger partial charge in [-0.3, -0.25) is 9.78 Å². The number of amides is 1. The number of carbonyl (C=O) groups excluding carboxylic acids is 1. The van der Waals surface area contributed by atoms with Crippen LogP contribution in [0.1, 0.15) is 10.4 Å². The van der Waals surface area contributed by atoms with Crippen LogP contribution in [0.15, 0.2) is 48.7 Å². The smallest absolute Gasteiger partial charge is 0.257 e. The molecular weight excluding hydrogens is 310 g/mol. The molecule has 0 saturated carbocycles. The summed E-state index contributed by atoms with van der Waals surface area (Å²) in [5, 5.41) is 3.25. The molecule has 3 rings (SSSR count). The van der Waals surface area contributed by atoms with Crippen LogP contribution in [0.5, 0.6) is 0 Å². The Labute approximate surface area is 129 Å². The van der Waals surface area contributed by atoms with Gasteiger partial charge in [-0.15, -0.1) is 0 Å². The predicted octanol–water partition coefficient (Wildman–Crippen LogP) is 4.42. The largest absolute Gasteiger partial charge is 0.321 e. The molecule has 22 heavy (non-hydrogen) atoms. The van der Waals surface area contributed by atoms with E-state index in [-0.39, 0.29) is 10.6 Å². The summed E-state index contributed by atoms with van der Waals surface area (Å²) in [6.45, 7) is 0. The molecule has 0 spiro atoms. The van der Waals surface area contributed by atoms with E-state index in [0.717, 1.165) is 23.0 Å². The van der Waals surface area contributed by atoms with Crippen molar-refractivity contribution in [2.75, 3.05) is 5.32 Å². The molecule has 3 aromatic rings. The Hall–Kier alpha value is -2.53. The summed E-state index contributed by atoms with van der Waals surface area (Å²) < 4.78 is 26.3. The van der Waals surface area contributed by atoms with E-state index in [9.17, 15) is 13.6 Å². The Morgan fingerprint density at radius 2 is 1.82 bits per heavy atom. The second-order valence-electron chi connectivity index (χ2n) is 4.62. The number of halogens is 3. The molecule has 1 N–H and O–H groups in total. The summed E-state index contributed by atoms with van der Waals surface area (Å²) in [5.41, 5.74) is 1.07. The highest BCUT2D eigenvalue weighted by Gasteiger charge is 2.15. The molecule has 0 bridgehead atoms. The lowest BCUT2D eigenvalue weighted by atomic mass is 10.2. The number of aromatic nitrogens is 1. The van der Waals surface area contributed by atoms with Crippen LogP contribution in [0.25, 0.3) is 10.9 Å². The molecule has 110 valence electrons. The van der Waals surface area contributed by atoms with E-state index in [0.29, 0.717) is 5.69 Å². The molecule has 1 aromatic heterocycles. The molecule has 0 aliphatic carbocycles. The van der Waals surface area contributed by atoms with Gasteiger partial charge in [0, 0.05) is 5.39 Å². The number of hydrogen-bond donors (Lipinski definition) is 1. The average molecular weight is 319 g/mol. The zero-order chi connectivity index (χ0) is 15.7. The minimum atomic E-state index is -1.13. The number of fused-ring (bicyclic) bond motifs is 1. The second kappa shape index (κ2) is 5.69. The van der Waals surface area contributed by atoms with Gasteiger partial charge in [0.15, 0.2) is 11.6 Å². The van der Waals surface area contributed by atoms with Crippen LogP contribution in [0.2, 0.25) is 5.02 Å². The van der Waals surface area contributed by atoms with Crippen molar-refractivity contribution in [2.24, 2.45) is 0 Å². The monoisotopic (exact) mass is 318 g/mol. The zero-order valence-corrected chi connectivity index (χ0v) is 11.9. The van der Waals surface area contributed by atoms with Gasteiger partial charge in [0.05, 0.1) is 28.0 Å². The molecule has 0 atom stereocenters. The van der Waals surface area contributed by atoms with Gasteiger partial charge in [-0.2, -0.15) is 0 Å². The Morgan fingerprint density at radius 3 is 2.64 bits per heavy atom. The maximum absolute atomic E-state index is 13.2. The molecule has 0 unspecified atom stereocenters. The van der Waals surface area contributed by atoms with Crippen molar-refractivity contribution in [1.82, 2.24) is 4.98 Å². The van der Waals surface area contributed by atoms with Crippen molar-refractivity contribution in [2.45, 2.75) is 0 Å². The Kier molecular flexibility index (Phi) is 3.73.